The lowest BCUT2D eigenvalue weighted by molar-refractivity contribution is -0.136. The highest BCUT2D eigenvalue weighted by molar-refractivity contribution is 5.84. The molecule has 0 aliphatic heterocycles. The van der Waals surface area contributed by atoms with E-state index in [2.05, 4.69) is 0 Å². The van der Waals surface area contributed by atoms with Gasteiger partial charge in [0.15, 0.2) is 0 Å². The molecule has 0 atom stereocenters. The van der Waals surface area contributed by atoms with Gasteiger partial charge in [0, 0.05) is 11.5 Å². The van der Waals surface area contributed by atoms with Crippen molar-refractivity contribution in [1.82, 2.24) is 0 Å². The van der Waals surface area contributed by atoms with Crippen molar-refractivity contribution in [2.75, 3.05) is 0 Å². The van der Waals surface area contributed by atoms with Gasteiger partial charge in [0.1, 0.15) is 5.58 Å². The summed E-state index contributed by atoms with van der Waals surface area (Å²) >= 11 is 0. The SMILES string of the molecule is Cc1cc(C)c2c(C(F)(F)F)cc(=O)oc2c1. The van der Waals surface area contributed by atoms with Gasteiger partial charge in [-0.05, 0) is 31.0 Å². The van der Waals surface area contributed by atoms with Crippen molar-refractivity contribution in [3.8, 4) is 0 Å². The van der Waals surface area contributed by atoms with Crippen molar-refractivity contribution < 1.29 is 17.6 Å². The minimum atomic E-state index is -4.56. The summed E-state index contributed by atoms with van der Waals surface area (Å²) in [4.78, 5) is 11.1. The molecular formula is C12H9F3O2. The average Bonchev–Trinajstić information content (AvgIpc) is 2.13. The minimum absolute atomic E-state index is 0.0256. The summed E-state index contributed by atoms with van der Waals surface area (Å²) in [6.07, 6.45) is -4.56. The summed E-state index contributed by atoms with van der Waals surface area (Å²) in [5.74, 6) is 0. The molecule has 0 unspecified atom stereocenters. The highest BCUT2D eigenvalue weighted by Gasteiger charge is 2.34. The van der Waals surface area contributed by atoms with Crippen LogP contribution in [0.15, 0.2) is 27.4 Å². The molecule has 90 valence electrons. The first kappa shape index (κ1) is 11.7. The molecule has 0 spiro atoms. The molecule has 0 amide bonds. The Hall–Kier alpha value is -1.78. The maximum atomic E-state index is 12.8. The van der Waals surface area contributed by atoms with Crippen molar-refractivity contribution in [2.45, 2.75) is 20.0 Å². The van der Waals surface area contributed by atoms with Crippen LogP contribution in [0.25, 0.3) is 11.0 Å². The Morgan fingerprint density at radius 3 is 2.35 bits per heavy atom. The number of aryl methyl sites for hydroxylation is 2. The van der Waals surface area contributed by atoms with Gasteiger partial charge in [-0.2, -0.15) is 13.2 Å². The van der Waals surface area contributed by atoms with Crippen molar-refractivity contribution in [3.05, 3.63) is 45.3 Å². The summed E-state index contributed by atoms with van der Waals surface area (Å²) in [6.45, 7) is 3.29. The van der Waals surface area contributed by atoms with Crippen LogP contribution >= 0.6 is 0 Å². The summed E-state index contributed by atoms with van der Waals surface area (Å²) in [6, 6.07) is 3.54. The van der Waals surface area contributed by atoms with E-state index in [1.807, 2.05) is 0 Å². The molecule has 1 heterocycles. The number of alkyl halides is 3. The number of benzene rings is 1. The first-order valence-electron chi connectivity index (χ1n) is 4.91. The largest absolute Gasteiger partial charge is 0.423 e. The Balaban J connectivity index is 2.98. The first-order valence-corrected chi connectivity index (χ1v) is 4.91. The van der Waals surface area contributed by atoms with Crippen LogP contribution < -0.4 is 5.63 Å². The van der Waals surface area contributed by atoms with Crippen LogP contribution in [0.5, 0.6) is 0 Å². The maximum Gasteiger partial charge on any atom is 0.417 e. The molecule has 2 nitrogen and oxygen atoms in total. The highest BCUT2D eigenvalue weighted by Crippen LogP contribution is 2.35. The molecule has 2 rings (SSSR count). The molecule has 0 aliphatic rings. The normalized spacial score (nSPS) is 12.1. The zero-order valence-electron chi connectivity index (χ0n) is 9.18. The van der Waals surface area contributed by atoms with Crippen LogP contribution in [0, 0.1) is 13.8 Å². The fourth-order valence-electron chi connectivity index (χ4n) is 1.91. The van der Waals surface area contributed by atoms with Gasteiger partial charge in [0.25, 0.3) is 0 Å². The summed E-state index contributed by atoms with van der Waals surface area (Å²) in [5.41, 5.74) is -0.771. The maximum absolute atomic E-state index is 12.8. The Morgan fingerprint density at radius 1 is 1.12 bits per heavy atom. The van der Waals surface area contributed by atoms with E-state index in [1.165, 1.54) is 6.07 Å². The average molecular weight is 242 g/mol. The third kappa shape index (κ3) is 2.05. The van der Waals surface area contributed by atoms with Gasteiger partial charge < -0.3 is 4.42 Å². The van der Waals surface area contributed by atoms with Crippen LogP contribution in [-0.4, -0.2) is 0 Å². The topological polar surface area (TPSA) is 30.2 Å². The molecule has 5 heteroatoms. The molecule has 2 aromatic rings. The van der Waals surface area contributed by atoms with E-state index in [-0.39, 0.29) is 11.0 Å². The molecule has 1 aromatic heterocycles. The monoisotopic (exact) mass is 242 g/mol. The number of rotatable bonds is 0. The van der Waals surface area contributed by atoms with Gasteiger partial charge in [-0.1, -0.05) is 6.07 Å². The first-order chi connectivity index (χ1) is 7.79. The molecule has 0 aliphatic carbocycles. The second kappa shape index (κ2) is 3.61. The second-order valence-electron chi connectivity index (χ2n) is 3.93. The number of halogens is 3. The fraction of sp³-hybridized carbons (Fsp3) is 0.250. The predicted octanol–water partition coefficient (Wildman–Crippen LogP) is 3.43. The van der Waals surface area contributed by atoms with Crippen molar-refractivity contribution in [3.63, 3.8) is 0 Å². The molecule has 0 N–H and O–H groups in total. The van der Waals surface area contributed by atoms with Crippen LogP contribution in [0.4, 0.5) is 13.2 Å². The lowest BCUT2D eigenvalue weighted by Gasteiger charge is -2.11. The molecule has 1 aromatic carbocycles. The van der Waals surface area contributed by atoms with Crippen molar-refractivity contribution >= 4 is 11.0 Å². The van der Waals surface area contributed by atoms with Gasteiger partial charge in [-0.15, -0.1) is 0 Å². The van der Waals surface area contributed by atoms with E-state index in [4.69, 9.17) is 4.42 Å². The van der Waals surface area contributed by atoms with E-state index in [1.54, 1.807) is 19.9 Å². The lowest BCUT2D eigenvalue weighted by Crippen LogP contribution is -2.11. The Morgan fingerprint density at radius 2 is 1.76 bits per heavy atom. The fourth-order valence-corrected chi connectivity index (χ4v) is 1.91. The van der Waals surface area contributed by atoms with E-state index in [9.17, 15) is 18.0 Å². The molecule has 0 saturated carbocycles. The summed E-state index contributed by atoms with van der Waals surface area (Å²) in [7, 11) is 0. The van der Waals surface area contributed by atoms with Crippen LogP contribution in [0.2, 0.25) is 0 Å². The Kier molecular flexibility index (Phi) is 2.49. The third-order valence-electron chi connectivity index (χ3n) is 2.49. The lowest BCUT2D eigenvalue weighted by atomic mass is 10.0. The number of hydrogen-bond acceptors (Lipinski definition) is 2. The predicted molar refractivity (Wildman–Crippen MR) is 57.0 cm³/mol. The van der Waals surface area contributed by atoms with Gasteiger partial charge >= 0.3 is 11.8 Å². The van der Waals surface area contributed by atoms with Gasteiger partial charge in [0.05, 0.1) is 5.56 Å². The van der Waals surface area contributed by atoms with E-state index in [0.29, 0.717) is 11.6 Å². The Labute approximate surface area is 94.7 Å². The number of hydrogen-bond donors (Lipinski definition) is 0. The van der Waals surface area contributed by atoms with Gasteiger partial charge in [-0.3, -0.25) is 0 Å². The molecule has 0 saturated heterocycles. The van der Waals surface area contributed by atoms with E-state index >= 15 is 0 Å². The van der Waals surface area contributed by atoms with Crippen molar-refractivity contribution in [2.24, 2.45) is 0 Å². The van der Waals surface area contributed by atoms with Crippen LogP contribution in [0.1, 0.15) is 16.7 Å². The molecule has 0 bridgehead atoms. The molecule has 0 radical (unpaired) electrons. The van der Waals surface area contributed by atoms with E-state index in [0.717, 1.165) is 5.56 Å². The molecular weight excluding hydrogens is 233 g/mol. The zero-order valence-corrected chi connectivity index (χ0v) is 9.18. The van der Waals surface area contributed by atoms with E-state index < -0.39 is 17.4 Å². The highest BCUT2D eigenvalue weighted by atomic mass is 19.4. The summed E-state index contributed by atoms with van der Waals surface area (Å²) in [5, 5.41) is -0.0531. The standard InChI is InChI=1S/C12H9F3O2/c1-6-3-7(2)11-8(12(13,14)15)5-10(16)17-9(11)4-6/h3-5H,1-2H3. The smallest absolute Gasteiger partial charge is 0.417 e. The number of fused-ring (bicyclic) bond motifs is 1. The minimum Gasteiger partial charge on any atom is -0.423 e. The Bertz CT molecular complexity index is 638. The van der Waals surface area contributed by atoms with Gasteiger partial charge in [0.2, 0.25) is 0 Å². The molecule has 17 heavy (non-hydrogen) atoms. The summed E-state index contributed by atoms with van der Waals surface area (Å²) < 4.78 is 43.2. The van der Waals surface area contributed by atoms with Gasteiger partial charge in [-0.25, -0.2) is 4.79 Å². The van der Waals surface area contributed by atoms with Crippen LogP contribution in [-0.2, 0) is 6.18 Å². The zero-order chi connectivity index (χ0) is 12.8. The van der Waals surface area contributed by atoms with Crippen molar-refractivity contribution in [1.29, 1.82) is 0 Å². The third-order valence-corrected chi connectivity index (χ3v) is 2.49. The quantitative estimate of drug-likeness (QED) is 0.662. The van der Waals surface area contributed by atoms with Crippen LogP contribution in [0.3, 0.4) is 0 Å². The molecule has 0 fully saturated rings. The second-order valence-corrected chi connectivity index (χ2v) is 3.93.